The van der Waals surface area contributed by atoms with Crippen molar-refractivity contribution in [3.05, 3.63) is 82.2 Å². The lowest BCUT2D eigenvalue weighted by Crippen LogP contribution is -2.41. The Morgan fingerprint density at radius 3 is 2.63 bits per heavy atom. The molecule has 0 spiro atoms. The maximum atomic E-state index is 13.1. The molecule has 3 heterocycles. The second-order valence-corrected chi connectivity index (χ2v) is 8.01. The van der Waals surface area contributed by atoms with Gasteiger partial charge in [-0.3, -0.25) is 14.6 Å². The van der Waals surface area contributed by atoms with Crippen molar-refractivity contribution < 1.29 is 4.79 Å². The number of aryl methyl sites for hydroxylation is 1. The Bertz CT molecular complexity index is 1080. The summed E-state index contributed by atoms with van der Waals surface area (Å²) in [6, 6.07) is 13.3. The van der Waals surface area contributed by atoms with Crippen molar-refractivity contribution in [1.29, 1.82) is 0 Å². The number of benzene rings is 1. The van der Waals surface area contributed by atoms with E-state index < -0.39 is 0 Å². The standard InChI is InChI=1S/C24H26N4O2/c1-16-5-7-18(8-6-16)17(2)24(30)28-13-3-4-20(15-28)23-26-21(14-22(29)27-23)19-9-11-25-12-10-19/h5-12,14,17,20H,3-4,13,15H2,1-2H3,(H,26,27,29)/t17-,20+/m0/s1. The summed E-state index contributed by atoms with van der Waals surface area (Å²) in [5.41, 5.74) is 3.52. The molecule has 1 saturated heterocycles. The number of H-pyrrole nitrogens is 1. The number of hydrogen-bond donors (Lipinski definition) is 1. The van der Waals surface area contributed by atoms with E-state index in [9.17, 15) is 9.59 Å². The highest BCUT2D eigenvalue weighted by atomic mass is 16.2. The SMILES string of the molecule is Cc1ccc([C@H](C)C(=O)N2CCC[C@@H](c3nc(-c4ccncc4)cc(=O)[nH]3)C2)cc1. The van der Waals surface area contributed by atoms with E-state index in [1.165, 1.54) is 11.6 Å². The molecule has 6 heteroatoms. The van der Waals surface area contributed by atoms with Crippen LogP contribution < -0.4 is 5.56 Å². The molecule has 30 heavy (non-hydrogen) atoms. The highest BCUT2D eigenvalue weighted by Gasteiger charge is 2.29. The smallest absolute Gasteiger partial charge is 0.251 e. The van der Waals surface area contributed by atoms with Gasteiger partial charge in [0.15, 0.2) is 0 Å². The fraction of sp³-hybridized carbons (Fsp3) is 0.333. The summed E-state index contributed by atoms with van der Waals surface area (Å²) in [7, 11) is 0. The van der Waals surface area contributed by atoms with Gasteiger partial charge in [-0.1, -0.05) is 29.8 Å². The molecule has 3 aromatic rings. The molecular weight excluding hydrogens is 376 g/mol. The summed E-state index contributed by atoms with van der Waals surface area (Å²) in [5, 5.41) is 0. The van der Waals surface area contributed by atoms with E-state index in [2.05, 4.69) is 9.97 Å². The Balaban J connectivity index is 1.54. The molecule has 6 nitrogen and oxygen atoms in total. The lowest BCUT2D eigenvalue weighted by atomic mass is 9.93. The molecule has 1 aliphatic rings. The van der Waals surface area contributed by atoms with E-state index in [-0.39, 0.29) is 23.3 Å². The molecule has 0 saturated carbocycles. The molecule has 0 unspecified atom stereocenters. The number of amides is 1. The Hall–Kier alpha value is -3.28. The lowest BCUT2D eigenvalue weighted by molar-refractivity contribution is -0.133. The van der Waals surface area contributed by atoms with Gasteiger partial charge in [-0.05, 0) is 44.4 Å². The number of pyridine rings is 1. The number of likely N-dealkylation sites (tertiary alicyclic amines) is 1. The van der Waals surface area contributed by atoms with Crippen molar-refractivity contribution in [2.45, 2.75) is 38.5 Å². The van der Waals surface area contributed by atoms with Crippen LogP contribution in [0.3, 0.4) is 0 Å². The third kappa shape index (κ3) is 4.32. The summed E-state index contributed by atoms with van der Waals surface area (Å²) in [4.78, 5) is 39.0. The molecule has 2 aromatic heterocycles. The number of rotatable bonds is 4. The van der Waals surface area contributed by atoms with Crippen LogP contribution in [0.2, 0.25) is 0 Å². The Kier molecular flexibility index (Phi) is 5.74. The summed E-state index contributed by atoms with van der Waals surface area (Å²) >= 11 is 0. The molecule has 0 bridgehead atoms. The van der Waals surface area contributed by atoms with Gasteiger partial charge < -0.3 is 9.88 Å². The van der Waals surface area contributed by atoms with Gasteiger partial charge in [0.05, 0.1) is 11.6 Å². The number of nitrogens with zero attached hydrogens (tertiary/aromatic N) is 3. The van der Waals surface area contributed by atoms with Crippen molar-refractivity contribution in [2.75, 3.05) is 13.1 Å². The molecule has 1 amide bonds. The second-order valence-electron chi connectivity index (χ2n) is 8.01. The van der Waals surface area contributed by atoms with Crippen LogP contribution in [0.15, 0.2) is 59.7 Å². The molecule has 1 aromatic carbocycles. The number of nitrogens with one attached hydrogen (secondary N) is 1. The zero-order valence-corrected chi connectivity index (χ0v) is 17.3. The normalized spacial score (nSPS) is 17.5. The number of aromatic nitrogens is 3. The first-order valence-corrected chi connectivity index (χ1v) is 10.4. The van der Waals surface area contributed by atoms with Gasteiger partial charge in [0.25, 0.3) is 5.56 Å². The molecule has 1 aliphatic heterocycles. The zero-order chi connectivity index (χ0) is 21.1. The highest BCUT2D eigenvalue weighted by Crippen LogP contribution is 2.28. The van der Waals surface area contributed by atoms with Crippen LogP contribution in [-0.4, -0.2) is 38.8 Å². The average Bonchev–Trinajstić information content (AvgIpc) is 2.79. The minimum Gasteiger partial charge on any atom is -0.341 e. The number of aromatic amines is 1. The summed E-state index contributed by atoms with van der Waals surface area (Å²) in [6.07, 6.45) is 5.16. The molecule has 2 atom stereocenters. The van der Waals surface area contributed by atoms with E-state index >= 15 is 0 Å². The molecular formula is C24H26N4O2. The van der Waals surface area contributed by atoms with E-state index in [1.807, 2.05) is 55.1 Å². The Morgan fingerprint density at radius 2 is 1.90 bits per heavy atom. The van der Waals surface area contributed by atoms with Gasteiger partial charge in [0.2, 0.25) is 5.91 Å². The molecule has 154 valence electrons. The van der Waals surface area contributed by atoms with E-state index in [0.717, 1.165) is 30.5 Å². The zero-order valence-electron chi connectivity index (χ0n) is 17.3. The first-order valence-electron chi connectivity index (χ1n) is 10.4. The Morgan fingerprint density at radius 1 is 1.17 bits per heavy atom. The summed E-state index contributed by atoms with van der Waals surface area (Å²) in [5.74, 6) is 0.591. The van der Waals surface area contributed by atoms with Crippen LogP contribution in [0.25, 0.3) is 11.3 Å². The van der Waals surface area contributed by atoms with Crippen LogP contribution in [0.1, 0.15) is 48.6 Å². The van der Waals surface area contributed by atoms with Crippen LogP contribution >= 0.6 is 0 Å². The van der Waals surface area contributed by atoms with Gasteiger partial charge in [0.1, 0.15) is 5.82 Å². The maximum absolute atomic E-state index is 13.1. The van der Waals surface area contributed by atoms with Crippen molar-refractivity contribution >= 4 is 5.91 Å². The first kappa shape index (κ1) is 20.0. The third-order valence-electron chi connectivity index (χ3n) is 5.80. The fourth-order valence-corrected chi connectivity index (χ4v) is 4.01. The molecule has 1 fully saturated rings. The second kappa shape index (κ2) is 8.61. The molecule has 1 N–H and O–H groups in total. The highest BCUT2D eigenvalue weighted by molar-refractivity contribution is 5.83. The van der Waals surface area contributed by atoms with Gasteiger partial charge in [-0.15, -0.1) is 0 Å². The van der Waals surface area contributed by atoms with Crippen molar-refractivity contribution in [2.24, 2.45) is 0 Å². The van der Waals surface area contributed by atoms with Crippen LogP contribution in [0.5, 0.6) is 0 Å². The number of piperidine rings is 1. The number of carbonyl (C=O) groups excluding carboxylic acids is 1. The van der Waals surface area contributed by atoms with Gasteiger partial charge in [-0.2, -0.15) is 0 Å². The molecule has 0 aliphatic carbocycles. The first-order chi connectivity index (χ1) is 14.5. The average molecular weight is 402 g/mol. The molecule has 4 rings (SSSR count). The minimum atomic E-state index is -0.195. The van der Waals surface area contributed by atoms with Gasteiger partial charge >= 0.3 is 0 Å². The predicted molar refractivity (Wildman–Crippen MR) is 116 cm³/mol. The Labute approximate surface area is 176 Å². The number of hydrogen-bond acceptors (Lipinski definition) is 4. The monoisotopic (exact) mass is 402 g/mol. The van der Waals surface area contributed by atoms with E-state index in [4.69, 9.17) is 4.98 Å². The topological polar surface area (TPSA) is 79.0 Å². The number of carbonyl (C=O) groups is 1. The van der Waals surface area contributed by atoms with Crippen LogP contribution in [-0.2, 0) is 4.79 Å². The third-order valence-corrected chi connectivity index (χ3v) is 5.80. The van der Waals surface area contributed by atoms with Gasteiger partial charge in [-0.25, -0.2) is 4.98 Å². The van der Waals surface area contributed by atoms with E-state index in [1.54, 1.807) is 12.4 Å². The summed E-state index contributed by atoms with van der Waals surface area (Å²) in [6.45, 7) is 5.30. The molecule has 0 radical (unpaired) electrons. The largest absolute Gasteiger partial charge is 0.341 e. The fourth-order valence-electron chi connectivity index (χ4n) is 4.01. The van der Waals surface area contributed by atoms with Crippen molar-refractivity contribution in [3.63, 3.8) is 0 Å². The van der Waals surface area contributed by atoms with Crippen molar-refractivity contribution in [1.82, 2.24) is 19.9 Å². The minimum absolute atomic E-state index is 0.0161. The maximum Gasteiger partial charge on any atom is 0.251 e. The van der Waals surface area contributed by atoms with Gasteiger partial charge in [0, 0.05) is 43.0 Å². The van der Waals surface area contributed by atoms with Crippen LogP contribution in [0.4, 0.5) is 0 Å². The quantitative estimate of drug-likeness (QED) is 0.722. The van der Waals surface area contributed by atoms with Crippen molar-refractivity contribution in [3.8, 4) is 11.3 Å². The summed E-state index contributed by atoms with van der Waals surface area (Å²) < 4.78 is 0. The van der Waals surface area contributed by atoms with E-state index in [0.29, 0.717) is 18.1 Å². The van der Waals surface area contributed by atoms with Crippen LogP contribution in [0, 0.1) is 6.92 Å². The lowest BCUT2D eigenvalue weighted by Gasteiger charge is -2.34. The predicted octanol–water partition coefficient (Wildman–Crippen LogP) is 3.65.